The van der Waals surface area contributed by atoms with Gasteiger partial charge in [-0.15, -0.1) is 0 Å². The summed E-state index contributed by atoms with van der Waals surface area (Å²) in [6, 6.07) is 10.0. The Labute approximate surface area is 159 Å². The minimum Gasteiger partial charge on any atom is -0.370 e. The highest BCUT2D eigenvalue weighted by molar-refractivity contribution is 5.50. The minimum atomic E-state index is -1.63. The number of nitrogens with zero attached hydrogens (tertiary/aromatic N) is 2. The molecule has 4 N–H and O–H groups in total. The molecule has 0 saturated heterocycles. The fourth-order valence-corrected chi connectivity index (χ4v) is 2.87. The van der Waals surface area contributed by atoms with Gasteiger partial charge in [0.2, 0.25) is 6.35 Å². The summed E-state index contributed by atoms with van der Waals surface area (Å²) in [4.78, 5) is 0.878. The predicted molar refractivity (Wildman–Crippen MR) is 94.7 cm³/mol. The van der Waals surface area contributed by atoms with Gasteiger partial charge in [-0.3, -0.25) is 4.90 Å². The molecule has 146 valence electrons. The first kappa shape index (κ1) is 19.5. The Balaban J connectivity index is 1.77. The first-order chi connectivity index (χ1) is 13.3. The molecule has 0 aromatic heterocycles. The Morgan fingerprint density at radius 2 is 1.75 bits per heavy atom. The zero-order chi connectivity index (χ0) is 20.4. The van der Waals surface area contributed by atoms with Crippen molar-refractivity contribution in [1.82, 2.24) is 10.6 Å². The Morgan fingerprint density at radius 3 is 2.29 bits per heavy atom. The monoisotopic (exact) mass is 390 g/mol. The second kappa shape index (κ2) is 7.80. The van der Waals surface area contributed by atoms with E-state index in [0.717, 1.165) is 10.5 Å². The van der Waals surface area contributed by atoms with Crippen LogP contribution in [0.5, 0.6) is 0 Å². The van der Waals surface area contributed by atoms with Crippen LogP contribution in [-0.4, -0.2) is 22.8 Å². The van der Waals surface area contributed by atoms with E-state index in [1.165, 1.54) is 6.08 Å². The van der Waals surface area contributed by atoms with Crippen molar-refractivity contribution in [3.8, 4) is 6.07 Å². The molecule has 3 atom stereocenters. The molecule has 2 aromatic carbocycles. The number of benzene rings is 2. The van der Waals surface area contributed by atoms with Gasteiger partial charge in [-0.05, 0) is 24.6 Å². The normalized spacial score (nSPS) is 20.0. The van der Waals surface area contributed by atoms with E-state index >= 15 is 0 Å². The molecule has 0 bridgehead atoms. The number of anilines is 1. The molecule has 0 spiro atoms. The van der Waals surface area contributed by atoms with Crippen LogP contribution in [0.3, 0.4) is 0 Å². The summed E-state index contributed by atoms with van der Waals surface area (Å²) in [5.74, 6) is -4.21. The molecule has 28 heavy (non-hydrogen) atoms. The topological polar surface area (TPSA) is 91.6 Å². The molecular formula is C19H17F3N4O2. The van der Waals surface area contributed by atoms with Gasteiger partial charge in [0.15, 0.2) is 23.7 Å². The van der Waals surface area contributed by atoms with E-state index < -0.39 is 30.0 Å². The molecule has 3 rings (SSSR count). The maximum atomic E-state index is 13.5. The van der Waals surface area contributed by atoms with Crippen LogP contribution in [0.1, 0.15) is 24.1 Å². The van der Waals surface area contributed by atoms with Crippen molar-refractivity contribution >= 4 is 5.69 Å². The molecule has 1 heterocycles. The molecule has 0 unspecified atom stereocenters. The van der Waals surface area contributed by atoms with E-state index in [1.54, 1.807) is 24.3 Å². The molecule has 2 aromatic rings. The average Bonchev–Trinajstić information content (AvgIpc) is 2.65. The van der Waals surface area contributed by atoms with Crippen molar-refractivity contribution in [3.05, 3.63) is 76.9 Å². The maximum absolute atomic E-state index is 13.5. The highest BCUT2D eigenvalue weighted by Crippen LogP contribution is 2.26. The van der Waals surface area contributed by atoms with Crippen LogP contribution < -0.4 is 15.5 Å². The summed E-state index contributed by atoms with van der Waals surface area (Å²) >= 11 is 0. The number of nitriles is 1. The van der Waals surface area contributed by atoms with Gasteiger partial charge < -0.3 is 20.8 Å². The lowest BCUT2D eigenvalue weighted by Crippen LogP contribution is -2.56. The molecule has 6 nitrogen and oxygen atoms in total. The fourth-order valence-electron chi connectivity index (χ4n) is 2.87. The minimum absolute atomic E-state index is 0.237. The molecule has 0 aliphatic carbocycles. The zero-order valence-electron chi connectivity index (χ0n) is 14.7. The van der Waals surface area contributed by atoms with Crippen molar-refractivity contribution in [1.29, 1.82) is 5.26 Å². The quantitative estimate of drug-likeness (QED) is 0.598. The lowest BCUT2D eigenvalue weighted by molar-refractivity contribution is 0.0753. The summed E-state index contributed by atoms with van der Waals surface area (Å²) in [5.41, 5.74) is 1.14. The number of hydrogen-bond donors (Lipinski definition) is 4. The van der Waals surface area contributed by atoms with E-state index in [9.17, 15) is 23.4 Å². The smallest absolute Gasteiger partial charge is 0.208 e. The second-order valence-corrected chi connectivity index (χ2v) is 6.24. The number of aliphatic hydroxyl groups is 2. The van der Waals surface area contributed by atoms with Gasteiger partial charge in [-0.2, -0.15) is 5.26 Å². The molecule has 1 aliphatic rings. The molecule has 0 radical (unpaired) electrons. The summed E-state index contributed by atoms with van der Waals surface area (Å²) < 4.78 is 40.1. The largest absolute Gasteiger partial charge is 0.370 e. The van der Waals surface area contributed by atoms with Crippen LogP contribution in [0.2, 0.25) is 0 Å². The molecule has 1 aliphatic heterocycles. The van der Waals surface area contributed by atoms with E-state index in [2.05, 4.69) is 10.6 Å². The van der Waals surface area contributed by atoms with Gasteiger partial charge in [0.25, 0.3) is 0 Å². The van der Waals surface area contributed by atoms with Gasteiger partial charge in [0, 0.05) is 29.9 Å². The number of hydrogen-bond acceptors (Lipinski definition) is 6. The molecule has 0 amide bonds. The number of nitrogens with one attached hydrogen (secondary N) is 2. The molecule has 0 saturated carbocycles. The summed E-state index contributed by atoms with van der Waals surface area (Å²) in [6.45, 7) is 1.83. The third-order valence-electron chi connectivity index (χ3n) is 4.33. The first-order valence-corrected chi connectivity index (χ1v) is 8.34. The maximum Gasteiger partial charge on any atom is 0.208 e. The van der Waals surface area contributed by atoms with Crippen LogP contribution in [0.25, 0.3) is 0 Å². The predicted octanol–water partition coefficient (Wildman–Crippen LogP) is 2.17. The highest BCUT2D eigenvalue weighted by Gasteiger charge is 2.30. The van der Waals surface area contributed by atoms with Crippen molar-refractivity contribution in [2.45, 2.75) is 25.5 Å². The molecule has 0 fully saturated rings. The van der Waals surface area contributed by atoms with E-state index in [1.807, 2.05) is 13.0 Å². The van der Waals surface area contributed by atoms with Crippen LogP contribution >= 0.6 is 0 Å². The summed E-state index contributed by atoms with van der Waals surface area (Å²) in [7, 11) is 0. The Morgan fingerprint density at radius 1 is 1.14 bits per heavy atom. The van der Waals surface area contributed by atoms with Gasteiger partial charge in [0.1, 0.15) is 5.82 Å². The van der Waals surface area contributed by atoms with Crippen LogP contribution in [0.15, 0.2) is 48.3 Å². The van der Waals surface area contributed by atoms with Crippen LogP contribution in [-0.2, 0) is 0 Å². The third kappa shape index (κ3) is 3.88. The number of rotatable bonds is 4. The lowest BCUT2D eigenvalue weighted by Gasteiger charge is -2.38. The average molecular weight is 390 g/mol. The molecule has 9 heteroatoms. The standard InChI is InChI=1S/C19H17F3N4O2/c1-10(12-4-2-11(9-23)3-5-12)24-16-8-17(27)26(19(28)25-16)13-6-14(20)18(22)15(21)7-13/h2-8,10,17,19,24-25,27-28H,1H3/t10-,17-,19-/m0/s1. The van der Waals surface area contributed by atoms with Crippen molar-refractivity contribution in [2.24, 2.45) is 0 Å². The highest BCUT2D eigenvalue weighted by atomic mass is 19.2. The van der Waals surface area contributed by atoms with Gasteiger partial charge in [0.05, 0.1) is 11.6 Å². The second-order valence-electron chi connectivity index (χ2n) is 6.24. The number of halogens is 3. The van der Waals surface area contributed by atoms with Crippen LogP contribution in [0.4, 0.5) is 18.9 Å². The van der Waals surface area contributed by atoms with Gasteiger partial charge >= 0.3 is 0 Å². The van der Waals surface area contributed by atoms with Crippen LogP contribution in [0, 0.1) is 28.8 Å². The fraction of sp³-hybridized carbons (Fsp3) is 0.211. The number of aliphatic hydroxyl groups excluding tert-OH is 2. The van der Waals surface area contributed by atoms with E-state index in [4.69, 9.17) is 5.26 Å². The Kier molecular flexibility index (Phi) is 5.44. The van der Waals surface area contributed by atoms with Gasteiger partial charge in [-0.1, -0.05) is 12.1 Å². The van der Waals surface area contributed by atoms with Crippen molar-refractivity contribution in [2.75, 3.05) is 4.90 Å². The van der Waals surface area contributed by atoms with Crippen molar-refractivity contribution < 1.29 is 23.4 Å². The third-order valence-corrected chi connectivity index (χ3v) is 4.33. The summed E-state index contributed by atoms with van der Waals surface area (Å²) in [6.07, 6.45) is -1.66. The molecular weight excluding hydrogens is 373 g/mol. The zero-order valence-corrected chi connectivity index (χ0v) is 14.7. The summed E-state index contributed by atoms with van der Waals surface area (Å²) in [5, 5.41) is 35.1. The first-order valence-electron chi connectivity index (χ1n) is 8.34. The van der Waals surface area contributed by atoms with Crippen molar-refractivity contribution in [3.63, 3.8) is 0 Å². The van der Waals surface area contributed by atoms with E-state index in [-0.39, 0.29) is 17.6 Å². The SMILES string of the molecule is C[C@H](NC1=C[C@H](O)N(c2cc(F)c(F)c(F)c2)[C@@H](O)N1)c1ccc(C#N)cc1. The van der Waals surface area contributed by atoms with Gasteiger partial charge in [-0.25, -0.2) is 13.2 Å². The Bertz CT molecular complexity index is 920. The van der Waals surface area contributed by atoms with E-state index in [0.29, 0.717) is 17.7 Å². The lowest BCUT2D eigenvalue weighted by atomic mass is 10.1. The Hall–Kier alpha value is -3.22.